The molecule has 2 saturated heterocycles. The summed E-state index contributed by atoms with van der Waals surface area (Å²) in [6, 6.07) is 0. The summed E-state index contributed by atoms with van der Waals surface area (Å²) in [5.41, 5.74) is 0. The fourth-order valence-electron chi connectivity index (χ4n) is 15.9. The highest BCUT2D eigenvalue weighted by Gasteiger charge is 2.60. The Bertz CT molecular complexity index is 2500. The Kier molecular flexibility index (Phi) is 66.2. The maximum atomic E-state index is 14.9. The minimum absolute atomic E-state index is 0.0192. The fourth-order valence-corrected chi connectivity index (χ4v) is 16.9. The quantitative estimate of drug-likeness (QED) is 0.00889. The molecule has 0 spiro atoms. The molecule has 3 fully saturated rings. The van der Waals surface area contributed by atoms with Crippen molar-refractivity contribution in [3.05, 3.63) is 12.2 Å². The zero-order chi connectivity index (χ0) is 86.1. The van der Waals surface area contributed by atoms with Crippen LogP contribution < -0.4 is 0 Å². The largest absolute Gasteiger partial charge is 0.472 e. The lowest BCUT2D eigenvalue weighted by Gasteiger charge is -2.50. The lowest BCUT2D eigenvalue weighted by atomic mass is 9.84. The molecule has 2 heterocycles. The third-order valence-electron chi connectivity index (χ3n) is 23.5. The van der Waals surface area contributed by atoms with Crippen LogP contribution in [-0.2, 0) is 70.7 Å². The van der Waals surface area contributed by atoms with Crippen LogP contribution in [0.4, 0.5) is 0 Å². The summed E-state index contributed by atoms with van der Waals surface area (Å²) in [6.07, 6.45) is 30.4. The molecular formula is C92H171O25P. The van der Waals surface area contributed by atoms with E-state index in [0.29, 0.717) is 38.5 Å². The van der Waals surface area contributed by atoms with Gasteiger partial charge in [-0.1, -0.05) is 354 Å². The van der Waals surface area contributed by atoms with Crippen molar-refractivity contribution in [2.45, 2.75) is 524 Å². The molecule has 0 amide bonds. The normalized spacial score (nSPS) is 24.9. The molecule has 0 radical (unpaired) electrons. The third kappa shape index (κ3) is 51.0. The Balaban J connectivity index is 1.91. The van der Waals surface area contributed by atoms with Crippen LogP contribution in [0.25, 0.3) is 0 Å². The van der Waals surface area contributed by atoms with E-state index in [2.05, 4.69) is 39.8 Å². The number of ether oxygens (including phenoxy) is 8. The van der Waals surface area contributed by atoms with E-state index >= 15 is 0 Å². The van der Waals surface area contributed by atoms with Gasteiger partial charge in [-0.3, -0.25) is 28.2 Å². The Labute approximate surface area is 712 Å². The maximum Gasteiger partial charge on any atom is 0.472 e. The summed E-state index contributed by atoms with van der Waals surface area (Å²) in [5.74, 6) is -2.95. The van der Waals surface area contributed by atoms with E-state index in [-0.39, 0.29) is 25.7 Å². The maximum absolute atomic E-state index is 14.9. The van der Waals surface area contributed by atoms with Crippen molar-refractivity contribution in [2.75, 3.05) is 26.4 Å². The van der Waals surface area contributed by atoms with E-state index in [0.717, 1.165) is 141 Å². The number of hydrogen-bond donors (Lipinski definition) is 10. The van der Waals surface area contributed by atoms with Gasteiger partial charge in [0.15, 0.2) is 24.8 Å². The zero-order valence-electron chi connectivity index (χ0n) is 74.0. The van der Waals surface area contributed by atoms with Gasteiger partial charge < -0.3 is 88.7 Å². The molecule has 10 N–H and O–H groups in total. The molecule has 1 aliphatic carbocycles. The van der Waals surface area contributed by atoms with Gasteiger partial charge in [0.2, 0.25) is 0 Å². The van der Waals surface area contributed by atoms with Gasteiger partial charge in [0.05, 0.1) is 13.2 Å². The van der Waals surface area contributed by atoms with Crippen molar-refractivity contribution in [2.24, 2.45) is 0 Å². The van der Waals surface area contributed by atoms with Gasteiger partial charge in [0.1, 0.15) is 92.6 Å². The highest BCUT2D eigenvalue weighted by atomic mass is 31.2. The Morgan fingerprint density at radius 1 is 0.331 bits per heavy atom. The number of phosphoric ester groups is 1. The molecule has 0 aromatic heterocycles. The molecule has 18 unspecified atom stereocenters. The van der Waals surface area contributed by atoms with Crippen molar-refractivity contribution < 1.29 is 122 Å². The number of phosphoric acid groups is 1. The van der Waals surface area contributed by atoms with Gasteiger partial charge in [-0.25, -0.2) is 4.57 Å². The van der Waals surface area contributed by atoms with Crippen molar-refractivity contribution in [1.29, 1.82) is 0 Å². The second-order valence-corrected chi connectivity index (χ2v) is 35.6. The molecule has 18 atom stereocenters. The van der Waals surface area contributed by atoms with Crippen LogP contribution in [0, 0.1) is 0 Å². The molecule has 26 heteroatoms. The van der Waals surface area contributed by atoms with E-state index in [1.807, 2.05) is 0 Å². The monoisotopic (exact) mass is 1710 g/mol. The first kappa shape index (κ1) is 109. The second-order valence-electron chi connectivity index (χ2n) is 34.2. The number of carbonyl (C=O) groups excluding carboxylic acids is 4. The van der Waals surface area contributed by atoms with E-state index in [1.54, 1.807) is 0 Å². The molecule has 3 aliphatic rings. The van der Waals surface area contributed by atoms with Gasteiger partial charge in [0.25, 0.3) is 0 Å². The van der Waals surface area contributed by atoms with Crippen LogP contribution in [0.5, 0.6) is 0 Å². The standard InChI is InChI=1S/C92H171O25P/c1-5-9-13-17-21-25-29-33-36-39-41-45-49-53-57-61-65-76(95)109-71-74-80(99)82(101)86(105)92(113-74)116-89-87(114-78(97)67-63-59-55-51-47-43-38-35-31-27-23-19-15-11-7-3)83(102)84(103)88(115-91-85(104)81(100)79(98)73(68-93)112-91)90(89)117-118(106,107)110-70-72(69-108-75(94)64-60-56-52-48-44-40-32-28-24-20-16-12-8-4)111-77(96)66-62-58-54-50-46-42-37-34-30-26-22-18-14-10-6-2/h26,30,72-74,79-93,98-105H,5-25,27-29,31-71H2,1-4H3,(H,106,107)/b30-26-. The summed E-state index contributed by atoms with van der Waals surface area (Å²) in [5, 5.41) is 102. The number of hydrogen-bond acceptors (Lipinski definition) is 24. The van der Waals surface area contributed by atoms with Crippen LogP contribution >= 0.6 is 7.82 Å². The lowest BCUT2D eigenvalue weighted by molar-refractivity contribution is -0.360. The van der Waals surface area contributed by atoms with E-state index in [9.17, 15) is 74.6 Å². The van der Waals surface area contributed by atoms with Gasteiger partial charge >= 0.3 is 31.7 Å². The summed E-state index contributed by atoms with van der Waals surface area (Å²) in [6.45, 7) is 5.62. The second kappa shape index (κ2) is 71.4. The zero-order valence-corrected chi connectivity index (χ0v) is 74.9. The van der Waals surface area contributed by atoms with Crippen LogP contribution in [0.1, 0.15) is 419 Å². The molecule has 1 saturated carbocycles. The predicted molar refractivity (Wildman–Crippen MR) is 458 cm³/mol. The molecule has 2 aliphatic heterocycles. The average Bonchev–Trinajstić information content (AvgIpc) is 0.755. The van der Waals surface area contributed by atoms with Crippen molar-refractivity contribution in [1.82, 2.24) is 0 Å². The number of rotatable bonds is 78. The summed E-state index contributed by atoms with van der Waals surface area (Å²) in [7, 11) is -5.80. The first-order valence-electron chi connectivity index (χ1n) is 47.9. The number of aliphatic hydroxyl groups excluding tert-OH is 9. The van der Waals surface area contributed by atoms with E-state index in [1.165, 1.54) is 186 Å². The van der Waals surface area contributed by atoms with Crippen molar-refractivity contribution >= 4 is 31.7 Å². The van der Waals surface area contributed by atoms with Gasteiger partial charge in [-0.2, -0.15) is 0 Å². The highest BCUT2D eigenvalue weighted by Crippen LogP contribution is 2.49. The summed E-state index contributed by atoms with van der Waals surface area (Å²) >= 11 is 0. The van der Waals surface area contributed by atoms with Gasteiger partial charge in [-0.15, -0.1) is 0 Å². The molecular weight excluding hydrogens is 1540 g/mol. The van der Waals surface area contributed by atoms with Crippen LogP contribution in [0.15, 0.2) is 12.2 Å². The van der Waals surface area contributed by atoms with Crippen LogP contribution in [0.3, 0.4) is 0 Å². The summed E-state index contributed by atoms with van der Waals surface area (Å²) < 4.78 is 73.5. The molecule has 0 aromatic carbocycles. The van der Waals surface area contributed by atoms with Crippen LogP contribution in [0.2, 0.25) is 0 Å². The summed E-state index contributed by atoms with van der Waals surface area (Å²) in [4.78, 5) is 66.5. The Hall–Kier alpha value is -2.79. The Morgan fingerprint density at radius 3 is 1.02 bits per heavy atom. The number of unbranched alkanes of at least 4 members (excludes halogenated alkanes) is 52. The average molecular weight is 1710 g/mol. The molecule has 25 nitrogen and oxygen atoms in total. The molecule has 118 heavy (non-hydrogen) atoms. The topological polar surface area (TPSA) is 380 Å². The predicted octanol–water partition coefficient (Wildman–Crippen LogP) is 17.9. The number of carbonyl (C=O) groups is 4. The first-order chi connectivity index (χ1) is 57.2. The minimum Gasteiger partial charge on any atom is -0.463 e. The molecule has 0 bridgehead atoms. The van der Waals surface area contributed by atoms with Gasteiger partial charge in [0, 0.05) is 25.7 Å². The number of allylic oxidation sites excluding steroid dienone is 2. The lowest BCUT2D eigenvalue weighted by Crippen LogP contribution is -2.70. The SMILES string of the molecule is CCCCCC/C=C\CCCCCCCCCC(=O)OC(COC(=O)CCCCCCCCCCCCCCC)COP(=O)(O)OC1C(OC2OC(CO)C(O)C(O)C2O)C(O)C(O)C(OC(=O)CCCCCCCCCCCCCCCCC)C1OC1OC(COC(=O)CCCCCCCCCCCCCCCCCC)C(O)C(O)C1O. The third-order valence-corrected chi connectivity index (χ3v) is 24.5. The van der Waals surface area contributed by atoms with Crippen molar-refractivity contribution in [3.8, 4) is 0 Å². The number of aliphatic hydroxyl groups is 9. The van der Waals surface area contributed by atoms with Gasteiger partial charge in [-0.05, 0) is 51.4 Å². The van der Waals surface area contributed by atoms with Crippen LogP contribution in [-0.4, -0.2) is 205 Å². The minimum atomic E-state index is -5.80. The first-order valence-corrected chi connectivity index (χ1v) is 49.4. The van der Waals surface area contributed by atoms with E-state index in [4.69, 9.17) is 46.9 Å². The molecule has 694 valence electrons. The Morgan fingerprint density at radius 2 is 0.636 bits per heavy atom. The molecule has 0 aromatic rings. The highest BCUT2D eigenvalue weighted by molar-refractivity contribution is 7.47. The van der Waals surface area contributed by atoms with E-state index < -0.39 is 162 Å². The fraction of sp³-hybridized carbons (Fsp3) is 0.935. The smallest absolute Gasteiger partial charge is 0.463 e. The van der Waals surface area contributed by atoms with Crippen molar-refractivity contribution in [3.63, 3.8) is 0 Å². The number of esters is 4. The molecule has 3 rings (SSSR count).